The molecular formula is C10H15NO2. The van der Waals surface area contributed by atoms with Gasteiger partial charge in [0.2, 0.25) is 0 Å². The summed E-state index contributed by atoms with van der Waals surface area (Å²) >= 11 is 0. The van der Waals surface area contributed by atoms with Gasteiger partial charge in [0.1, 0.15) is 0 Å². The van der Waals surface area contributed by atoms with Crippen molar-refractivity contribution in [2.24, 2.45) is 5.92 Å². The van der Waals surface area contributed by atoms with Crippen LogP contribution in [0.15, 0.2) is 11.8 Å². The second-order valence-electron chi connectivity index (χ2n) is 3.75. The van der Waals surface area contributed by atoms with E-state index in [0.717, 1.165) is 31.5 Å². The highest BCUT2D eigenvalue weighted by molar-refractivity contribution is 5.95. The van der Waals surface area contributed by atoms with Gasteiger partial charge in [0.25, 0.3) is 0 Å². The lowest BCUT2D eigenvalue weighted by Gasteiger charge is -2.05. The highest BCUT2D eigenvalue weighted by atomic mass is 16.5. The number of hydrogen-bond acceptors (Lipinski definition) is 3. The van der Waals surface area contributed by atoms with E-state index in [1.807, 2.05) is 0 Å². The summed E-state index contributed by atoms with van der Waals surface area (Å²) in [5.41, 5.74) is 0.881. The number of ether oxygens (including phenoxy) is 1. The Hall–Kier alpha value is -0.830. The normalized spacial score (nSPS) is 27.1. The minimum Gasteiger partial charge on any atom is -0.500 e. The molecule has 0 aliphatic carbocycles. The first kappa shape index (κ1) is 8.75. The van der Waals surface area contributed by atoms with Crippen LogP contribution in [0.4, 0.5) is 0 Å². The molecule has 0 saturated carbocycles. The van der Waals surface area contributed by atoms with Crippen LogP contribution in [0.25, 0.3) is 0 Å². The fraction of sp³-hybridized carbons (Fsp3) is 0.700. The summed E-state index contributed by atoms with van der Waals surface area (Å²) in [6, 6.07) is 0. The lowest BCUT2D eigenvalue weighted by molar-refractivity contribution is -0.116. The first-order chi connectivity index (χ1) is 6.36. The van der Waals surface area contributed by atoms with Crippen LogP contribution in [0.1, 0.15) is 19.3 Å². The summed E-state index contributed by atoms with van der Waals surface area (Å²) in [7, 11) is 0. The number of carbonyl (C=O) groups excluding carboxylic acids is 1. The third-order valence-electron chi connectivity index (χ3n) is 2.71. The number of Topliss-reactive ketones (excluding diaryl/α,β-unsaturated/α-hetero) is 1. The minimum atomic E-state index is 0.284. The van der Waals surface area contributed by atoms with Gasteiger partial charge in [-0.25, -0.2) is 0 Å². The van der Waals surface area contributed by atoms with Gasteiger partial charge in [-0.3, -0.25) is 4.79 Å². The molecule has 0 bridgehead atoms. The van der Waals surface area contributed by atoms with E-state index in [9.17, 15) is 4.79 Å². The van der Waals surface area contributed by atoms with Gasteiger partial charge in [0.05, 0.1) is 12.9 Å². The molecule has 2 heterocycles. The Morgan fingerprint density at radius 1 is 1.69 bits per heavy atom. The first-order valence-corrected chi connectivity index (χ1v) is 4.91. The zero-order valence-electron chi connectivity index (χ0n) is 7.71. The van der Waals surface area contributed by atoms with Crippen LogP contribution in [0.5, 0.6) is 0 Å². The van der Waals surface area contributed by atoms with E-state index in [1.54, 1.807) is 6.26 Å². The van der Waals surface area contributed by atoms with Crippen LogP contribution in [0.2, 0.25) is 0 Å². The first-order valence-electron chi connectivity index (χ1n) is 4.91. The molecule has 3 heteroatoms. The largest absolute Gasteiger partial charge is 0.500 e. The average molecular weight is 181 g/mol. The fourth-order valence-corrected chi connectivity index (χ4v) is 1.87. The van der Waals surface area contributed by atoms with Crippen molar-refractivity contribution < 1.29 is 9.53 Å². The minimum absolute atomic E-state index is 0.284. The summed E-state index contributed by atoms with van der Waals surface area (Å²) < 4.78 is 5.04. The van der Waals surface area contributed by atoms with Gasteiger partial charge in [0.15, 0.2) is 5.78 Å². The van der Waals surface area contributed by atoms with Gasteiger partial charge in [-0.15, -0.1) is 0 Å². The molecular weight excluding hydrogens is 166 g/mol. The third-order valence-corrected chi connectivity index (χ3v) is 2.71. The Balaban J connectivity index is 1.83. The average Bonchev–Trinajstić information content (AvgIpc) is 2.74. The van der Waals surface area contributed by atoms with Crippen molar-refractivity contribution in [3.63, 3.8) is 0 Å². The van der Waals surface area contributed by atoms with Crippen LogP contribution in [-0.2, 0) is 9.53 Å². The molecule has 1 fully saturated rings. The Bertz CT molecular complexity index is 229. The second-order valence-corrected chi connectivity index (χ2v) is 3.75. The molecule has 0 spiro atoms. The van der Waals surface area contributed by atoms with Crippen LogP contribution < -0.4 is 5.32 Å². The zero-order valence-corrected chi connectivity index (χ0v) is 7.71. The van der Waals surface area contributed by atoms with E-state index in [2.05, 4.69) is 5.32 Å². The molecule has 1 unspecified atom stereocenters. The topological polar surface area (TPSA) is 38.3 Å². The Labute approximate surface area is 78.1 Å². The molecule has 2 rings (SSSR count). The molecule has 72 valence electrons. The lowest BCUT2D eigenvalue weighted by atomic mass is 9.97. The summed E-state index contributed by atoms with van der Waals surface area (Å²) in [5, 5.41) is 3.27. The summed E-state index contributed by atoms with van der Waals surface area (Å²) in [6.45, 7) is 2.75. The van der Waals surface area contributed by atoms with Crippen molar-refractivity contribution in [1.29, 1.82) is 0 Å². The van der Waals surface area contributed by atoms with Gasteiger partial charge in [0, 0.05) is 18.4 Å². The Morgan fingerprint density at radius 2 is 2.62 bits per heavy atom. The molecule has 0 aromatic heterocycles. The number of hydrogen-bond donors (Lipinski definition) is 1. The molecule has 1 N–H and O–H groups in total. The maximum Gasteiger partial charge on any atom is 0.162 e. The number of ketones is 1. The van der Waals surface area contributed by atoms with Gasteiger partial charge < -0.3 is 10.1 Å². The van der Waals surface area contributed by atoms with Crippen LogP contribution in [-0.4, -0.2) is 25.5 Å². The highest BCUT2D eigenvalue weighted by Crippen LogP contribution is 2.19. The number of carbonyl (C=O) groups is 1. The predicted octanol–water partition coefficient (Wildman–Crippen LogP) is 0.859. The summed E-state index contributed by atoms with van der Waals surface area (Å²) in [5.74, 6) is 0.834. The van der Waals surface area contributed by atoms with E-state index < -0.39 is 0 Å². The smallest absolute Gasteiger partial charge is 0.162 e. The van der Waals surface area contributed by atoms with E-state index in [4.69, 9.17) is 4.74 Å². The van der Waals surface area contributed by atoms with Crippen molar-refractivity contribution in [3.05, 3.63) is 11.8 Å². The van der Waals surface area contributed by atoms with E-state index >= 15 is 0 Å². The number of nitrogens with one attached hydrogen (secondary N) is 1. The molecule has 13 heavy (non-hydrogen) atoms. The SMILES string of the molecule is O=C(CC1CCNC1)C1=COCC1. The molecule has 1 saturated heterocycles. The van der Waals surface area contributed by atoms with Crippen molar-refractivity contribution in [1.82, 2.24) is 5.32 Å². The summed E-state index contributed by atoms with van der Waals surface area (Å²) in [4.78, 5) is 11.6. The van der Waals surface area contributed by atoms with Crippen LogP contribution in [0, 0.1) is 5.92 Å². The molecule has 0 radical (unpaired) electrons. The Morgan fingerprint density at radius 3 is 3.23 bits per heavy atom. The molecule has 0 amide bonds. The quantitative estimate of drug-likeness (QED) is 0.701. The molecule has 1 atom stereocenters. The zero-order chi connectivity index (χ0) is 9.10. The molecule has 2 aliphatic heterocycles. The second kappa shape index (κ2) is 3.92. The van der Waals surface area contributed by atoms with Crippen molar-refractivity contribution >= 4 is 5.78 Å². The molecule has 3 nitrogen and oxygen atoms in total. The standard InChI is InChI=1S/C10H15NO2/c12-10(9-2-4-13-7-9)5-8-1-3-11-6-8/h7-8,11H,1-6H2. The number of rotatable bonds is 3. The van der Waals surface area contributed by atoms with Gasteiger partial charge >= 0.3 is 0 Å². The van der Waals surface area contributed by atoms with Gasteiger partial charge in [-0.2, -0.15) is 0 Å². The van der Waals surface area contributed by atoms with E-state index in [-0.39, 0.29) is 5.78 Å². The van der Waals surface area contributed by atoms with Crippen molar-refractivity contribution in [2.45, 2.75) is 19.3 Å². The van der Waals surface area contributed by atoms with E-state index in [1.165, 1.54) is 0 Å². The van der Waals surface area contributed by atoms with Crippen LogP contribution in [0.3, 0.4) is 0 Å². The lowest BCUT2D eigenvalue weighted by Crippen LogP contribution is -2.13. The predicted molar refractivity (Wildman–Crippen MR) is 49.3 cm³/mol. The monoisotopic (exact) mass is 181 g/mol. The molecule has 0 aromatic carbocycles. The summed E-state index contributed by atoms with van der Waals surface area (Å²) in [6.07, 6.45) is 4.27. The van der Waals surface area contributed by atoms with Gasteiger partial charge in [-0.1, -0.05) is 0 Å². The Kier molecular flexibility index (Phi) is 2.64. The van der Waals surface area contributed by atoms with Gasteiger partial charge in [-0.05, 0) is 25.4 Å². The maximum absolute atomic E-state index is 11.6. The van der Waals surface area contributed by atoms with Crippen molar-refractivity contribution in [2.75, 3.05) is 19.7 Å². The van der Waals surface area contributed by atoms with Crippen LogP contribution >= 0.6 is 0 Å². The fourth-order valence-electron chi connectivity index (χ4n) is 1.87. The molecule has 0 aromatic rings. The molecule has 2 aliphatic rings. The van der Waals surface area contributed by atoms with Crippen molar-refractivity contribution in [3.8, 4) is 0 Å². The van der Waals surface area contributed by atoms with E-state index in [0.29, 0.717) is 18.9 Å². The third kappa shape index (κ3) is 2.10. The highest BCUT2D eigenvalue weighted by Gasteiger charge is 2.21. The maximum atomic E-state index is 11.6.